The van der Waals surface area contributed by atoms with Gasteiger partial charge in [0.2, 0.25) is 0 Å². The fourth-order valence-corrected chi connectivity index (χ4v) is 2.21. The van der Waals surface area contributed by atoms with E-state index < -0.39 is 5.97 Å². The van der Waals surface area contributed by atoms with Crippen molar-refractivity contribution in [1.29, 1.82) is 0 Å². The number of halogens is 1. The Hall–Kier alpha value is -1.26. The van der Waals surface area contributed by atoms with E-state index in [1.165, 1.54) is 0 Å². The van der Waals surface area contributed by atoms with Crippen molar-refractivity contribution in [3.8, 4) is 0 Å². The summed E-state index contributed by atoms with van der Waals surface area (Å²) in [5.74, 6) is -0.763. The lowest BCUT2D eigenvalue weighted by Crippen LogP contribution is -2.47. The number of carbonyl (C=O) groups is 1. The Labute approximate surface area is 105 Å². The van der Waals surface area contributed by atoms with E-state index in [0.29, 0.717) is 0 Å². The van der Waals surface area contributed by atoms with Crippen LogP contribution in [0.1, 0.15) is 0 Å². The lowest BCUT2D eigenvalue weighted by molar-refractivity contribution is -0.138. The van der Waals surface area contributed by atoms with Crippen molar-refractivity contribution in [2.75, 3.05) is 37.6 Å². The van der Waals surface area contributed by atoms with Crippen LogP contribution >= 0.6 is 11.6 Å². The first-order valence-electron chi connectivity index (χ1n) is 5.60. The maximum Gasteiger partial charge on any atom is 0.317 e. The molecule has 0 aromatic heterocycles. The van der Waals surface area contributed by atoms with Crippen LogP contribution in [0.4, 0.5) is 5.69 Å². The zero-order chi connectivity index (χ0) is 12.3. The first-order valence-corrected chi connectivity index (χ1v) is 5.97. The number of carboxylic acids is 1. The Kier molecular flexibility index (Phi) is 3.86. The maximum absolute atomic E-state index is 10.6. The minimum absolute atomic E-state index is 0.128. The van der Waals surface area contributed by atoms with Crippen molar-refractivity contribution in [3.05, 3.63) is 29.3 Å². The molecule has 4 nitrogen and oxygen atoms in total. The predicted octanol–water partition coefficient (Wildman–Crippen LogP) is 1.55. The van der Waals surface area contributed by atoms with Crippen LogP contribution < -0.4 is 4.90 Å². The molecule has 0 radical (unpaired) electrons. The Morgan fingerprint density at radius 2 is 2.00 bits per heavy atom. The van der Waals surface area contributed by atoms with Crippen molar-refractivity contribution >= 4 is 23.3 Å². The molecule has 1 heterocycles. The van der Waals surface area contributed by atoms with Gasteiger partial charge >= 0.3 is 5.97 Å². The number of benzene rings is 1. The van der Waals surface area contributed by atoms with E-state index in [2.05, 4.69) is 4.90 Å². The summed E-state index contributed by atoms with van der Waals surface area (Å²) in [6.07, 6.45) is 0. The molecule has 0 saturated carbocycles. The summed E-state index contributed by atoms with van der Waals surface area (Å²) in [5.41, 5.74) is 1.10. The van der Waals surface area contributed by atoms with Gasteiger partial charge in [0.25, 0.3) is 0 Å². The Morgan fingerprint density at radius 3 is 2.59 bits per heavy atom. The molecule has 1 N–H and O–H groups in total. The van der Waals surface area contributed by atoms with E-state index in [9.17, 15) is 4.79 Å². The molecule has 0 aliphatic carbocycles. The Bertz CT molecular complexity index is 403. The maximum atomic E-state index is 10.6. The average molecular weight is 255 g/mol. The summed E-state index contributed by atoms with van der Waals surface area (Å²) >= 11 is 5.95. The summed E-state index contributed by atoms with van der Waals surface area (Å²) in [6, 6.07) is 7.75. The van der Waals surface area contributed by atoms with Crippen molar-refractivity contribution in [2.45, 2.75) is 0 Å². The van der Waals surface area contributed by atoms with Gasteiger partial charge in [0.15, 0.2) is 0 Å². The number of carboxylic acid groups (broad SMARTS) is 1. The number of rotatable bonds is 3. The van der Waals surface area contributed by atoms with Gasteiger partial charge in [-0.3, -0.25) is 9.69 Å². The molecule has 92 valence electrons. The number of piperazine rings is 1. The summed E-state index contributed by atoms with van der Waals surface area (Å²) in [5, 5.41) is 9.44. The quantitative estimate of drug-likeness (QED) is 0.889. The van der Waals surface area contributed by atoms with Crippen LogP contribution in [0.2, 0.25) is 5.02 Å². The molecule has 0 unspecified atom stereocenters. The smallest absolute Gasteiger partial charge is 0.317 e. The molecule has 1 aromatic carbocycles. The highest BCUT2D eigenvalue weighted by atomic mass is 35.5. The average Bonchev–Trinajstić information content (AvgIpc) is 2.29. The molecule has 1 aliphatic heterocycles. The van der Waals surface area contributed by atoms with Crippen LogP contribution in [0.15, 0.2) is 24.3 Å². The third-order valence-corrected chi connectivity index (χ3v) is 3.14. The molecule has 1 saturated heterocycles. The fourth-order valence-electron chi connectivity index (χ4n) is 2.03. The first-order chi connectivity index (χ1) is 8.15. The van der Waals surface area contributed by atoms with Crippen molar-refractivity contribution in [3.63, 3.8) is 0 Å². The molecule has 1 fully saturated rings. The molecule has 0 atom stereocenters. The fraction of sp³-hybridized carbons (Fsp3) is 0.417. The van der Waals surface area contributed by atoms with E-state index in [1.807, 2.05) is 29.2 Å². The summed E-state index contributed by atoms with van der Waals surface area (Å²) in [7, 11) is 0. The molecular formula is C12H15ClN2O2. The minimum Gasteiger partial charge on any atom is -0.480 e. The van der Waals surface area contributed by atoms with E-state index in [1.54, 1.807) is 0 Å². The lowest BCUT2D eigenvalue weighted by atomic mass is 10.2. The molecule has 0 amide bonds. The van der Waals surface area contributed by atoms with Gasteiger partial charge in [0.1, 0.15) is 0 Å². The molecule has 2 rings (SSSR count). The number of aliphatic carboxylic acids is 1. The molecule has 5 heteroatoms. The van der Waals surface area contributed by atoms with Gasteiger partial charge in [0, 0.05) is 36.9 Å². The van der Waals surface area contributed by atoms with Gasteiger partial charge in [0.05, 0.1) is 6.54 Å². The molecule has 0 bridgehead atoms. The van der Waals surface area contributed by atoms with E-state index >= 15 is 0 Å². The lowest BCUT2D eigenvalue weighted by Gasteiger charge is -2.35. The van der Waals surface area contributed by atoms with E-state index in [4.69, 9.17) is 16.7 Å². The van der Waals surface area contributed by atoms with E-state index in [-0.39, 0.29) is 6.54 Å². The normalized spacial score (nSPS) is 17.1. The molecule has 1 aromatic rings. The van der Waals surface area contributed by atoms with Crippen molar-refractivity contribution in [2.24, 2.45) is 0 Å². The first kappa shape index (κ1) is 12.2. The Morgan fingerprint density at radius 1 is 1.29 bits per heavy atom. The zero-order valence-electron chi connectivity index (χ0n) is 9.47. The van der Waals surface area contributed by atoms with Crippen LogP contribution in [-0.4, -0.2) is 48.7 Å². The van der Waals surface area contributed by atoms with Crippen LogP contribution in [0.25, 0.3) is 0 Å². The third-order valence-electron chi connectivity index (χ3n) is 2.90. The van der Waals surface area contributed by atoms with E-state index in [0.717, 1.165) is 36.9 Å². The number of nitrogens with zero attached hydrogens (tertiary/aromatic N) is 2. The van der Waals surface area contributed by atoms with Gasteiger partial charge in [-0.1, -0.05) is 17.7 Å². The van der Waals surface area contributed by atoms with Crippen molar-refractivity contribution in [1.82, 2.24) is 4.90 Å². The van der Waals surface area contributed by atoms with Gasteiger partial charge < -0.3 is 10.0 Å². The number of hydrogen-bond acceptors (Lipinski definition) is 3. The molecule has 0 spiro atoms. The van der Waals surface area contributed by atoms with Gasteiger partial charge in [-0.25, -0.2) is 0 Å². The standard InChI is InChI=1S/C12H15ClN2O2/c13-10-2-1-3-11(8-10)15-6-4-14(5-7-15)9-12(16)17/h1-3,8H,4-7,9H2,(H,16,17). The largest absolute Gasteiger partial charge is 0.480 e. The van der Waals surface area contributed by atoms with Gasteiger partial charge in [-0.05, 0) is 18.2 Å². The number of hydrogen-bond donors (Lipinski definition) is 1. The Balaban J connectivity index is 1.93. The number of anilines is 1. The third kappa shape index (κ3) is 3.35. The zero-order valence-corrected chi connectivity index (χ0v) is 10.2. The van der Waals surface area contributed by atoms with Gasteiger partial charge in [-0.2, -0.15) is 0 Å². The van der Waals surface area contributed by atoms with Crippen molar-refractivity contribution < 1.29 is 9.90 Å². The van der Waals surface area contributed by atoms with Crippen LogP contribution in [0, 0.1) is 0 Å². The molecule has 17 heavy (non-hydrogen) atoms. The summed E-state index contributed by atoms with van der Waals surface area (Å²) in [4.78, 5) is 14.8. The molecule has 1 aliphatic rings. The predicted molar refractivity (Wildman–Crippen MR) is 67.7 cm³/mol. The second kappa shape index (κ2) is 5.38. The monoisotopic (exact) mass is 254 g/mol. The second-order valence-corrected chi connectivity index (χ2v) is 4.57. The minimum atomic E-state index is -0.763. The summed E-state index contributed by atoms with van der Waals surface area (Å²) in [6.45, 7) is 3.36. The van der Waals surface area contributed by atoms with Crippen LogP contribution in [0.3, 0.4) is 0 Å². The van der Waals surface area contributed by atoms with Gasteiger partial charge in [-0.15, -0.1) is 0 Å². The van der Waals surface area contributed by atoms with Crippen LogP contribution in [0.5, 0.6) is 0 Å². The SMILES string of the molecule is O=C(O)CN1CCN(c2cccc(Cl)c2)CC1. The highest BCUT2D eigenvalue weighted by molar-refractivity contribution is 6.30. The van der Waals surface area contributed by atoms with Crippen LogP contribution in [-0.2, 0) is 4.79 Å². The highest BCUT2D eigenvalue weighted by Gasteiger charge is 2.18. The second-order valence-electron chi connectivity index (χ2n) is 4.14. The molecular weight excluding hydrogens is 240 g/mol. The summed E-state index contributed by atoms with van der Waals surface area (Å²) < 4.78 is 0. The topological polar surface area (TPSA) is 43.8 Å². The highest BCUT2D eigenvalue weighted by Crippen LogP contribution is 2.20.